The quantitative estimate of drug-likeness (QED) is 0.666. The summed E-state index contributed by atoms with van der Waals surface area (Å²) in [7, 11) is -3.34. The van der Waals surface area contributed by atoms with Gasteiger partial charge < -0.3 is 14.8 Å². The number of carbonyl (C=O) groups is 1. The van der Waals surface area contributed by atoms with E-state index in [2.05, 4.69) is 5.32 Å². The lowest BCUT2D eigenvalue weighted by Gasteiger charge is -2.21. The Morgan fingerprint density at radius 2 is 1.79 bits per heavy atom. The third-order valence-electron chi connectivity index (χ3n) is 4.64. The van der Waals surface area contributed by atoms with Gasteiger partial charge in [0.05, 0.1) is 25.1 Å². The van der Waals surface area contributed by atoms with Crippen molar-refractivity contribution < 1.29 is 22.7 Å². The molecule has 2 aromatic carbocycles. The molecular formula is C21H26N2O5S. The van der Waals surface area contributed by atoms with Crippen molar-refractivity contribution in [1.82, 2.24) is 5.32 Å². The number of anilines is 1. The van der Waals surface area contributed by atoms with Gasteiger partial charge in [-0.25, -0.2) is 8.42 Å². The average Bonchev–Trinajstić information content (AvgIpc) is 3.01. The number of hydrogen-bond acceptors (Lipinski definition) is 5. The normalized spacial score (nSPS) is 15.7. The number of hydrogen-bond donors (Lipinski definition) is 1. The molecule has 0 saturated heterocycles. The van der Waals surface area contributed by atoms with E-state index in [9.17, 15) is 13.2 Å². The first-order chi connectivity index (χ1) is 13.8. The van der Waals surface area contributed by atoms with Crippen molar-refractivity contribution in [3.63, 3.8) is 0 Å². The van der Waals surface area contributed by atoms with Crippen LogP contribution in [0.4, 0.5) is 5.69 Å². The minimum atomic E-state index is -3.34. The number of ether oxygens (including phenoxy) is 2. The third-order valence-corrected chi connectivity index (χ3v) is 5.91. The fraction of sp³-hybridized carbons (Fsp3) is 0.381. The molecular weight excluding hydrogens is 392 g/mol. The maximum Gasteiger partial charge on any atom is 0.251 e. The zero-order chi connectivity index (χ0) is 21.0. The first kappa shape index (κ1) is 21.0. The van der Waals surface area contributed by atoms with Crippen molar-refractivity contribution in [2.45, 2.75) is 26.3 Å². The van der Waals surface area contributed by atoms with Crippen LogP contribution < -0.4 is 19.1 Å². The smallest absolute Gasteiger partial charge is 0.251 e. The molecule has 1 aliphatic rings. The van der Waals surface area contributed by atoms with Crippen LogP contribution in [0.15, 0.2) is 42.5 Å². The molecule has 0 saturated carbocycles. The molecule has 29 heavy (non-hydrogen) atoms. The maximum atomic E-state index is 12.4. The van der Waals surface area contributed by atoms with Gasteiger partial charge in [-0.2, -0.15) is 0 Å². The van der Waals surface area contributed by atoms with E-state index in [4.69, 9.17) is 9.47 Å². The Labute approximate surface area is 171 Å². The summed E-state index contributed by atoms with van der Waals surface area (Å²) in [4.78, 5) is 12.4. The Bertz CT molecular complexity index is 973. The standard InChI is InChI=1S/C21H26N2O5S/c1-4-27-18-6-8-19(9-7-18)28-12-11-22-21(24)16-5-10-20-17(14-16)13-15(2)23(20)29(3,25)26/h5-10,14-15H,4,11-13H2,1-3H3,(H,22,24)/t15-/m1/s1. The highest BCUT2D eigenvalue weighted by Crippen LogP contribution is 2.34. The predicted octanol–water partition coefficient (Wildman–Crippen LogP) is 2.60. The monoisotopic (exact) mass is 418 g/mol. The number of rotatable bonds is 8. The predicted molar refractivity (Wildman–Crippen MR) is 112 cm³/mol. The van der Waals surface area contributed by atoms with E-state index >= 15 is 0 Å². The molecule has 0 bridgehead atoms. The molecule has 1 aliphatic heterocycles. The van der Waals surface area contributed by atoms with E-state index in [1.54, 1.807) is 18.2 Å². The van der Waals surface area contributed by atoms with Crippen LogP contribution in [0.25, 0.3) is 0 Å². The minimum Gasteiger partial charge on any atom is -0.494 e. The molecule has 0 spiro atoms. The topological polar surface area (TPSA) is 84.9 Å². The van der Waals surface area contributed by atoms with Crippen LogP contribution in [0, 0.1) is 0 Å². The highest BCUT2D eigenvalue weighted by molar-refractivity contribution is 7.92. The fourth-order valence-electron chi connectivity index (χ4n) is 3.48. The van der Waals surface area contributed by atoms with Gasteiger partial charge in [0, 0.05) is 11.6 Å². The molecule has 1 heterocycles. The first-order valence-corrected chi connectivity index (χ1v) is 11.4. The molecule has 0 aliphatic carbocycles. The van der Waals surface area contributed by atoms with E-state index in [-0.39, 0.29) is 11.9 Å². The molecule has 2 aromatic rings. The van der Waals surface area contributed by atoms with Gasteiger partial charge in [0.25, 0.3) is 5.91 Å². The summed E-state index contributed by atoms with van der Waals surface area (Å²) in [6, 6.07) is 12.3. The van der Waals surface area contributed by atoms with Crippen LogP contribution in [0.1, 0.15) is 29.8 Å². The maximum absolute atomic E-state index is 12.4. The largest absolute Gasteiger partial charge is 0.494 e. The number of amides is 1. The molecule has 1 amide bonds. The highest BCUT2D eigenvalue weighted by atomic mass is 32.2. The molecule has 0 unspecified atom stereocenters. The number of sulfonamides is 1. The molecule has 8 heteroatoms. The Balaban J connectivity index is 1.53. The molecule has 0 aromatic heterocycles. The Hall–Kier alpha value is -2.74. The Kier molecular flexibility index (Phi) is 6.32. The molecule has 1 atom stereocenters. The van der Waals surface area contributed by atoms with E-state index in [1.807, 2.05) is 38.1 Å². The molecule has 1 N–H and O–H groups in total. The summed E-state index contributed by atoms with van der Waals surface area (Å²) in [5.74, 6) is 1.28. The van der Waals surface area contributed by atoms with Gasteiger partial charge in [0.1, 0.15) is 18.1 Å². The summed E-state index contributed by atoms with van der Waals surface area (Å²) in [5, 5.41) is 2.82. The van der Waals surface area contributed by atoms with Crippen LogP contribution in [-0.2, 0) is 16.4 Å². The molecule has 0 radical (unpaired) electrons. The summed E-state index contributed by atoms with van der Waals surface area (Å²) in [6.45, 7) is 5.09. The van der Waals surface area contributed by atoms with E-state index in [0.717, 1.165) is 11.3 Å². The van der Waals surface area contributed by atoms with Crippen molar-refractivity contribution in [3.8, 4) is 11.5 Å². The lowest BCUT2D eigenvalue weighted by atomic mass is 10.1. The summed E-state index contributed by atoms with van der Waals surface area (Å²) in [5.41, 5.74) is 2.02. The summed E-state index contributed by atoms with van der Waals surface area (Å²) >= 11 is 0. The van der Waals surface area contributed by atoms with E-state index in [0.29, 0.717) is 43.2 Å². The summed E-state index contributed by atoms with van der Waals surface area (Å²) in [6.07, 6.45) is 1.79. The zero-order valence-electron chi connectivity index (χ0n) is 16.8. The van der Waals surface area contributed by atoms with Crippen molar-refractivity contribution in [2.75, 3.05) is 30.3 Å². The lowest BCUT2D eigenvalue weighted by Crippen LogP contribution is -2.34. The number of benzene rings is 2. The van der Waals surface area contributed by atoms with Crippen LogP contribution >= 0.6 is 0 Å². The van der Waals surface area contributed by atoms with Crippen LogP contribution in [0.2, 0.25) is 0 Å². The van der Waals surface area contributed by atoms with Crippen LogP contribution in [0.5, 0.6) is 11.5 Å². The Morgan fingerprint density at radius 1 is 1.14 bits per heavy atom. The molecule has 3 rings (SSSR count). The second-order valence-electron chi connectivity index (χ2n) is 6.96. The minimum absolute atomic E-state index is 0.152. The van der Waals surface area contributed by atoms with Gasteiger partial charge in [-0.05, 0) is 68.3 Å². The van der Waals surface area contributed by atoms with Crippen molar-refractivity contribution in [2.24, 2.45) is 0 Å². The van der Waals surface area contributed by atoms with Gasteiger partial charge >= 0.3 is 0 Å². The van der Waals surface area contributed by atoms with Crippen LogP contribution in [0.3, 0.4) is 0 Å². The second-order valence-corrected chi connectivity index (χ2v) is 8.82. The van der Waals surface area contributed by atoms with Crippen LogP contribution in [-0.4, -0.2) is 46.4 Å². The number of nitrogens with one attached hydrogen (secondary N) is 1. The molecule has 0 fully saturated rings. The lowest BCUT2D eigenvalue weighted by molar-refractivity contribution is 0.0947. The fourth-order valence-corrected chi connectivity index (χ4v) is 4.75. The number of fused-ring (bicyclic) bond motifs is 1. The first-order valence-electron chi connectivity index (χ1n) is 9.55. The van der Waals surface area contributed by atoms with Gasteiger partial charge in [-0.15, -0.1) is 0 Å². The summed E-state index contributed by atoms with van der Waals surface area (Å²) < 4.78 is 36.4. The van der Waals surface area contributed by atoms with Gasteiger partial charge in [-0.3, -0.25) is 9.10 Å². The SMILES string of the molecule is CCOc1ccc(OCCNC(=O)c2ccc3c(c2)C[C@@H](C)N3S(C)(=O)=O)cc1. The van der Waals surface area contributed by atoms with Gasteiger partial charge in [-0.1, -0.05) is 0 Å². The van der Waals surface area contributed by atoms with Crippen molar-refractivity contribution >= 4 is 21.6 Å². The van der Waals surface area contributed by atoms with Gasteiger partial charge in [0.2, 0.25) is 10.0 Å². The third kappa shape index (κ3) is 5.00. The highest BCUT2D eigenvalue weighted by Gasteiger charge is 2.32. The van der Waals surface area contributed by atoms with E-state index in [1.165, 1.54) is 10.6 Å². The number of carbonyl (C=O) groups excluding carboxylic acids is 1. The number of nitrogens with zero attached hydrogens (tertiary/aromatic N) is 1. The Morgan fingerprint density at radius 3 is 2.41 bits per heavy atom. The van der Waals surface area contributed by atoms with Crippen molar-refractivity contribution in [1.29, 1.82) is 0 Å². The molecule has 7 nitrogen and oxygen atoms in total. The van der Waals surface area contributed by atoms with E-state index < -0.39 is 10.0 Å². The molecule has 156 valence electrons. The van der Waals surface area contributed by atoms with Crippen molar-refractivity contribution in [3.05, 3.63) is 53.6 Å². The second kappa shape index (κ2) is 8.73. The van der Waals surface area contributed by atoms with Gasteiger partial charge in [0.15, 0.2) is 0 Å². The average molecular weight is 419 g/mol. The zero-order valence-corrected chi connectivity index (χ0v) is 17.7.